The highest BCUT2D eigenvalue weighted by molar-refractivity contribution is 7.10. The van der Waals surface area contributed by atoms with E-state index in [1.165, 1.54) is 15.6 Å². The molecular formula is C18H17NOS. The highest BCUT2D eigenvalue weighted by Crippen LogP contribution is 2.56. The van der Waals surface area contributed by atoms with Crippen molar-refractivity contribution >= 4 is 22.1 Å². The Hall–Kier alpha value is -1.84. The molecule has 1 aromatic heterocycles. The smallest absolute Gasteiger partial charge is 0.148 e. The van der Waals surface area contributed by atoms with Gasteiger partial charge < -0.3 is 10.5 Å². The number of hydrogen-bond acceptors (Lipinski definition) is 3. The molecule has 4 rings (SSSR count). The molecular weight excluding hydrogens is 278 g/mol. The first kappa shape index (κ1) is 12.9. The zero-order chi connectivity index (χ0) is 14.3. The fourth-order valence-electron chi connectivity index (χ4n) is 3.06. The van der Waals surface area contributed by atoms with Gasteiger partial charge in [0, 0.05) is 22.6 Å². The summed E-state index contributed by atoms with van der Waals surface area (Å²) in [5.74, 6) is 1.37. The van der Waals surface area contributed by atoms with E-state index in [0.717, 1.165) is 12.2 Å². The van der Waals surface area contributed by atoms with E-state index in [-0.39, 0.29) is 5.60 Å². The van der Waals surface area contributed by atoms with Crippen LogP contribution in [0, 0.1) is 5.92 Å². The lowest BCUT2D eigenvalue weighted by Gasteiger charge is -2.20. The highest BCUT2D eigenvalue weighted by atomic mass is 32.1. The first-order valence-corrected chi connectivity index (χ1v) is 8.12. The van der Waals surface area contributed by atoms with Gasteiger partial charge in [0.1, 0.15) is 11.4 Å². The van der Waals surface area contributed by atoms with Gasteiger partial charge in [-0.1, -0.05) is 42.5 Å². The Kier molecular flexibility index (Phi) is 2.98. The van der Waals surface area contributed by atoms with Crippen LogP contribution in [0.2, 0.25) is 0 Å². The van der Waals surface area contributed by atoms with Crippen molar-refractivity contribution in [2.45, 2.75) is 12.0 Å². The average Bonchev–Trinajstić information content (AvgIpc) is 2.97. The minimum absolute atomic E-state index is 0.215. The molecule has 1 heterocycles. The van der Waals surface area contributed by atoms with Gasteiger partial charge in [0.25, 0.3) is 0 Å². The van der Waals surface area contributed by atoms with E-state index < -0.39 is 0 Å². The third-order valence-corrected chi connectivity index (χ3v) is 5.34. The van der Waals surface area contributed by atoms with Gasteiger partial charge in [-0.3, -0.25) is 0 Å². The molecule has 2 atom stereocenters. The Balaban J connectivity index is 1.77. The molecule has 1 saturated carbocycles. The van der Waals surface area contributed by atoms with Crippen LogP contribution in [0.15, 0.2) is 60.0 Å². The number of hydrogen-bond donors (Lipinski definition) is 1. The maximum Gasteiger partial charge on any atom is 0.148 e. The van der Waals surface area contributed by atoms with Crippen LogP contribution in [0.5, 0.6) is 5.75 Å². The summed E-state index contributed by atoms with van der Waals surface area (Å²) >= 11 is 1.76. The maximum absolute atomic E-state index is 6.50. The molecule has 3 aromatic rings. The Morgan fingerprint density at radius 2 is 1.95 bits per heavy atom. The molecule has 1 fully saturated rings. The van der Waals surface area contributed by atoms with E-state index in [2.05, 4.69) is 60.0 Å². The first-order valence-electron chi connectivity index (χ1n) is 7.24. The predicted octanol–water partition coefficient (Wildman–Crippen LogP) is 4.15. The second-order valence-corrected chi connectivity index (χ2v) is 6.53. The molecule has 0 aliphatic heterocycles. The van der Waals surface area contributed by atoms with Crippen molar-refractivity contribution in [3.63, 3.8) is 0 Å². The SMILES string of the molecule is NCC1CC1(Oc1cccc2ccccc12)c1cccs1. The normalized spacial score (nSPS) is 24.1. The van der Waals surface area contributed by atoms with E-state index in [1.54, 1.807) is 11.3 Å². The second kappa shape index (κ2) is 4.86. The third kappa shape index (κ3) is 2.04. The Labute approximate surface area is 128 Å². The van der Waals surface area contributed by atoms with Crippen molar-refractivity contribution in [2.24, 2.45) is 11.7 Å². The summed E-state index contributed by atoms with van der Waals surface area (Å²) in [6.45, 7) is 0.669. The Morgan fingerprint density at radius 3 is 2.71 bits per heavy atom. The van der Waals surface area contributed by atoms with E-state index in [9.17, 15) is 0 Å². The summed E-state index contributed by atoms with van der Waals surface area (Å²) in [5.41, 5.74) is 5.69. The van der Waals surface area contributed by atoms with Crippen LogP contribution in [0.4, 0.5) is 0 Å². The lowest BCUT2D eigenvalue weighted by atomic mass is 10.1. The van der Waals surface area contributed by atoms with Gasteiger partial charge >= 0.3 is 0 Å². The monoisotopic (exact) mass is 295 g/mol. The molecule has 0 amide bonds. The third-order valence-electron chi connectivity index (χ3n) is 4.31. The van der Waals surface area contributed by atoms with Crippen LogP contribution in [-0.2, 0) is 5.60 Å². The fraction of sp³-hybridized carbons (Fsp3) is 0.222. The standard InChI is InChI=1S/C18H17NOS/c19-12-14-11-18(14,17-9-4-10-21-17)20-16-8-3-6-13-5-1-2-7-15(13)16/h1-10,14H,11-12,19H2. The summed E-state index contributed by atoms with van der Waals surface area (Å²) < 4.78 is 6.50. The zero-order valence-electron chi connectivity index (χ0n) is 11.7. The first-order chi connectivity index (χ1) is 10.3. The molecule has 3 heteroatoms. The van der Waals surface area contributed by atoms with Crippen LogP contribution < -0.4 is 10.5 Å². The minimum Gasteiger partial charge on any atom is -0.481 e. The molecule has 2 nitrogen and oxygen atoms in total. The largest absolute Gasteiger partial charge is 0.481 e. The molecule has 0 bridgehead atoms. The van der Waals surface area contributed by atoms with Gasteiger partial charge in [0.2, 0.25) is 0 Å². The van der Waals surface area contributed by atoms with Crippen molar-refractivity contribution < 1.29 is 4.74 Å². The number of benzene rings is 2. The molecule has 1 aliphatic carbocycles. The lowest BCUT2D eigenvalue weighted by molar-refractivity contribution is 0.168. The van der Waals surface area contributed by atoms with Crippen molar-refractivity contribution in [3.05, 3.63) is 64.9 Å². The van der Waals surface area contributed by atoms with Gasteiger partial charge in [0.05, 0.1) is 0 Å². The summed E-state index contributed by atoms with van der Waals surface area (Å²) in [7, 11) is 0. The van der Waals surface area contributed by atoms with E-state index >= 15 is 0 Å². The van der Waals surface area contributed by atoms with Gasteiger partial charge in [0.15, 0.2) is 0 Å². The molecule has 0 saturated heterocycles. The van der Waals surface area contributed by atoms with Crippen LogP contribution in [0.1, 0.15) is 11.3 Å². The fourth-order valence-corrected chi connectivity index (χ4v) is 4.01. The number of nitrogens with two attached hydrogens (primary N) is 1. The molecule has 2 aromatic carbocycles. The van der Waals surface area contributed by atoms with Crippen LogP contribution in [0.3, 0.4) is 0 Å². The lowest BCUT2D eigenvalue weighted by Crippen LogP contribution is -2.21. The van der Waals surface area contributed by atoms with E-state index in [0.29, 0.717) is 12.5 Å². The van der Waals surface area contributed by atoms with Gasteiger partial charge in [-0.25, -0.2) is 0 Å². The van der Waals surface area contributed by atoms with Gasteiger partial charge in [-0.2, -0.15) is 0 Å². The molecule has 21 heavy (non-hydrogen) atoms. The summed E-state index contributed by atoms with van der Waals surface area (Å²) in [5, 5.41) is 4.48. The number of rotatable bonds is 4. The van der Waals surface area contributed by atoms with Crippen molar-refractivity contribution in [3.8, 4) is 5.75 Å². The Bertz CT molecular complexity index is 762. The molecule has 106 valence electrons. The predicted molar refractivity (Wildman–Crippen MR) is 87.7 cm³/mol. The quantitative estimate of drug-likeness (QED) is 0.784. The summed E-state index contributed by atoms with van der Waals surface area (Å²) in [6, 6.07) is 18.8. The molecule has 0 radical (unpaired) electrons. The minimum atomic E-state index is -0.215. The van der Waals surface area contributed by atoms with E-state index in [1.807, 2.05) is 0 Å². The van der Waals surface area contributed by atoms with Gasteiger partial charge in [-0.15, -0.1) is 11.3 Å². The molecule has 2 N–H and O–H groups in total. The number of thiophene rings is 1. The van der Waals surface area contributed by atoms with Gasteiger partial charge in [-0.05, 0) is 29.4 Å². The molecule has 1 aliphatic rings. The average molecular weight is 295 g/mol. The number of fused-ring (bicyclic) bond motifs is 1. The van der Waals surface area contributed by atoms with Crippen molar-refractivity contribution in [1.29, 1.82) is 0 Å². The van der Waals surface area contributed by atoms with Crippen LogP contribution >= 0.6 is 11.3 Å². The second-order valence-electron chi connectivity index (χ2n) is 5.58. The molecule has 0 spiro atoms. The Morgan fingerprint density at radius 1 is 1.10 bits per heavy atom. The zero-order valence-corrected chi connectivity index (χ0v) is 12.5. The van der Waals surface area contributed by atoms with E-state index in [4.69, 9.17) is 10.5 Å². The van der Waals surface area contributed by atoms with Crippen molar-refractivity contribution in [1.82, 2.24) is 0 Å². The number of ether oxygens (including phenoxy) is 1. The van der Waals surface area contributed by atoms with Crippen molar-refractivity contribution in [2.75, 3.05) is 6.54 Å². The summed E-state index contributed by atoms with van der Waals surface area (Å²) in [4.78, 5) is 1.28. The molecule has 2 unspecified atom stereocenters. The van der Waals surface area contributed by atoms with Crippen LogP contribution in [0.25, 0.3) is 10.8 Å². The summed E-state index contributed by atoms with van der Waals surface area (Å²) in [6.07, 6.45) is 1.01. The topological polar surface area (TPSA) is 35.2 Å². The highest BCUT2D eigenvalue weighted by Gasteiger charge is 2.58. The van der Waals surface area contributed by atoms with Crippen LogP contribution in [-0.4, -0.2) is 6.54 Å². The maximum atomic E-state index is 6.50.